The van der Waals surface area contributed by atoms with Crippen molar-refractivity contribution in [1.29, 1.82) is 0 Å². The third-order valence-electron chi connectivity index (χ3n) is 3.96. The maximum atomic E-state index is 12.2. The molecule has 0 aliphatic heterocycles. The molecule has 0 bridgehead atoms. The second-order valence-corrected chi connectivity index (χ2v) is 7.75. The van der Waals surface area contributed by atoms with Gasteiger partial charge in [-0.3, -0.25) is 9.10 Å². The molecule has 26 heavy (non-hydrogen) atoms. The Kier molecular flexibility index (Phi) is 6.63. The van der Waals surface area contributed by atoms with Crippen LogP contribution in [0.2, 0.25) is 0 Å². The van der Waals surface area contributed by atoms with E-state index in [-0.39, 0.29) is 18.9 Å². The van der Waals surface area contributed by atoms with E-state index in [1.165, 1.54) is 4.31 Å². The molecule has 1 amide bonds. The Balaban J connectivity index is 2.08. The highest BCUT2D eigenvalue weighted by atomic mass is 32.2. The van der Waals surface area contributed by atoms with Crippen molar-refractivity contribution in [3.8, 4) is 5.75 Å². The van der Waals surface area contributed by atoms with Crippen molar-refractivity contribution in [3.05, 3.63) is 54.1 Å². The molecule has 6 nitrogen and oxygen atoms in total. The van der Waals surface area contributed by atoms with E-state index in [1.54, 1.807) is 43.5 Å². The highest BCUT2D eigenvalue weighted by Crippen LogP contribution is 2.24. The van der Waals surface area contributed by atoms with Crippen molar-refractivity contribution in [2.24, 2.45) is 0 Å². The Morgan fingerprint density at radius 3 is 2.35 bits per heavy atom. The molecule has 0 aliphatic rings. The van der Waals surface area contributed by atoms with Gasteiger partial charge in [0.25, 0.3) is 0 Å². The number of nitrogens with one attached hydrogen (secondary N) is 1. The van der Waals surface area contributed by atoms with Crippen molar-refractivity contribution >= 4 is 27.3 Å². The van der Waals surface area contributed by atoms with E-state index in [1.807, 2.05) is 19.1 Å². The summed E-state index contributed by atoms with van der Waals surface area (Å²) in [4.78, 5) is 12.2. The number of rotatable bonds is 8. The average Bonchev–Trinajstić information content (AvgIpc) is 2.61. The molecule has 2 rings (SSSR count). The summed E-state index contributed by atoms with van der Waals surface area (Å²) in [5, 5.41) is 2.76. The van der Waals surface area contributed by atoms with Crippen molar-refractivity contribution in [2.45, 2.75) is 19.8 Å². The summed E-state index contributed by atoms with van der Waals surface area (Å²) in [5.41, 5.74) is 2.18. The minimum Gasteiger partial charge on any atom is -0.497 e. The molecule has 1 N–H and O–H groups in total. The molecule has 0 fully saturated rings. The van der Waals surface area contributed by atoms with Gasteiger partial charge in [-0.25, -0.2) is 8.42 Å². The van der Waals surface area contributed by atoms with Crippen LogP contribution in [0.15, 0.2) is 48.5 Å². The summed E-state index contributed by atoms with van der Waals surface area (Å²) in [7, 11) is -1.92. The van der Waals surface area contributed by atoms with Crippen LogP contribution >= 0.6 is 0 Å². The molecular weight excluding hydrogens is 352 g/mol. The highest BCUT2D eigenvalue weighted by molar-refractivity contribution is 7.92. The Labute approximate surface area is 154 Å². The Morgan fingerprint density at radius 2 is 1.77 bits per heavy atom. The van der Waals surface area contributed by atoms with E-state index in [2.05, 4.69) is 5.32 Å². The van der Waals surface area contributed by atoms with Gasteiger partial charge in [0.2, 0.25) is 15.9 Å². The monoisotopic (exact) mass is 376 g/mol. The first-order valence-electron chi connectivity index (χ1n) is 8.34. The molecule has 0 spiro atoms. The average molecular weight is 376 g/mol. The molecular formula is C19H24N2O4S. The van der Waals surface area contributed by atoms with Crippen molar-refractivity contribution < 1.29 is 17.9 Å². The number of para-hydroxylation sites is 1. The number of anilines is 2. The molecule has 7 heteroatoms. The maximum absolute atomic E-state index is 12.2. The smallest absolute Gasteiger partial charge is 0.232 e. The van der Waals surface area contributed by atoms with Gasteiger partial charge >= 0.3 is 0 Å². The van der Waals surface area contributed by atoms with Crippen molar-refractivity contribution in [2.75, 3.05) is 29.5 Å². The minimum atomic E-state index is -3.49. The molecule has 0 saturated carbocycles. The van der Waals surface area contributed by atoms with E-state index in [0.717, 1.165) is 11.8 Å². The van der Waals surface area contributed by atoms with E-state index in [9.17, 15) is 13.2 Å². The van der Waals surface area contributed by atoms with E-state index in [4.69, 9.17) is 4.74 Å². The fourth-order valence-electron chi connectivity index (χ4n) is 2.62. The quantitative estimate of drug-likeness (QED) is 0.768. The lowest BCUT2D eigenvalue weighted by molar-refractivity contribution is -0.116. The number of aryl methyl sites for hydroxylation is 1. The van der Waals surface area contributed by atoms with E-state index >= 15 is 0 Å². The summed E-state index contributed by atoms with van der Waals surface area (Å²) in [6.45, 7) is 2.05. The number of methoxy groups -OCH3 is 1. The van der Waals surface area contributed by atoms with Gasteiger partial charge in [0.1, 0.15) is 5.75 Å². The number of hydrogen-bond donors (Lipinski definition) is 1. The molecule has 140 valence electrons. The van der Waals surface area contributed by atoms with Crippen LogP contribution in [0.1, 0.15) is 18.9 Å². The molecule has 0 radical (unpaired) electrons. The zero-order valence-corrected chi connectivity index (χ0v) is 16.0. The van der Waals surface area contributed by atoms with Crippen LogP contribution in [-0.4, -0.2) is 34.2 Å². The van der Waals surface area contributed by atoms with Gasteiger partial charge in [-0.05, 0) is 42.3 Å². The first-order valence-corrected chi connectivity index (χ1v) is 10.2. The van der Waals surface area contributed by atoms with Crippen LogP contribution in [0.3, 0.4) is 0 Å². The van der Waals surface area contributed by atoms with Crippen LogP contribution in [0.25, 0.3) is 0 Å². The number of sulfonamides is 1. The van der Waals surface area contributed by atoms with Gasteiger partial charge in [-0.2, -0.15) is 0 Å². The number of carbonyl (C=O) groups is 1. The number of carbonyl (C=O) groups excluding carboxylic acids is 1. The first kappa shape index (κ1) is 19.8. The normalized spacial score (nSPS) is 11.0. The number of amides is 1. The lowest BCUT2D eigenvalue weighted by Crippen LogP contribution is -2.33. The van der Waals surface area contributed by atoms with Crippen LogP contribution in [0.4, 0.5) is 11.4 Å². The zero-order valence-electron chi connectivity index (χ0n) is 15.2. The standard InChI is InChI=1S/C19H24N2O4S/c1-4-15-7-5-6-8-18(15)21(26(3,23)24)14-13-19(22)20-16-9-11-17(25-2)12-10-16/h5-12H,4,13-14H2,1-3H3,(H,20,22). The number of benzene rings is 2. The molecule has 0 aliphatic carbocycles. The van der Waals surface area contributed by atoms with E-state index < -0.39 is 10.0 Å². The van der Waals surface area contributed by atoms with Crippen LogP contribution in [-0.2, 0) is 21.2 Å². The summed E-state index contributed by atoms with van der Waals surface area (Å²) < 4.78 is 30.8. The summed E-state index contributed by atoms with van der Waals surface area (Å²) in [6.07, 6.45) is 1.91. The largest absolute Gasteiger partial charge is 0.497 e. The zero-order chi connectivity index (χ0) is 19.2. The van der Waals surface area contributed by atoms with E-state index in [0.29, 0.717) is 23.5 Å². The summed E-state index contributed by atoms with van der Waals surface area (Å²) in [6, 6.07) is 14.3. The Bertz CT molecular complexity index is 848. The van der Waals surface area contributed by atoms with Crippen molar-refractivity contribution in [3.63, 3.8) is 0 Å². The predicted octanol–water partition coefficient (Wildman–Crippen LogP) is 3.05. The topological polar surface area (TPSA) is 75.7 Å². The lowest BCUT2D eigenvalue weighted by atomic mass is 10.1. The van der Waals surface area contributed by atoms with Gasteiger partial charge in [-0.15, -0.1) is 0 Å². The molecule has 0 aromatic heterocycles. The van der Waals surface area contributed by atoms with Gasteiger partial charge < -0.3 is 10.1 Å². The highest BCUT2D eigenvalue weighted by Gasteiger charge is 2.20. The Hall–Kier alpha value is -2.54. The Morgan fingerprint density at radius 1 is 1.12 bits per heavy atom. The van der Waals surface area contributed by atoms with Crippen LogP contribution in [0.5, 0.6) is 5.75 Å². The fraction of sp³-hybridized carbons (Fsp3) is 0.316. The number of hydrogen-bond acceptors (Lipinski definition) is 4. The van der Waals surface area contributed by atoms with Gasteiger partial charge in [0, 0.05) is 18.7 Å². The number of nitrogens with zero attached hydrogens (tertiary/aromatic N) is 1. The first-order chi connectivity index (χ1) is 12.3. The molecule has 0 unspecified atom stereocenters. The second-order valence-electron chi connectivity index (χ2n) is 5.84. The van der Waals surface area contributed by atoms with Crippen LogP contribution in [0, 0.1) is 0 Å². The summed E-state index contributed by atoms with van der Waals surface area (Å²) >= 11 is 0. The molecule has 2 aromatic rings. The SMILES string of the molecule is CCc1ccccc1N(CCC(=O)Nc1ccc(OC)cc1)S(C)(=O)=O. The lowest BCUT2D eigenvalue weighted by Gasteiger charge is -2.24. The molecule has 0 atom stereocenters. The number of ether oxygens (including phenoxy) is 1. The van der Waals surface area contributed by atoms with Gasteiger partial charge in [0.05, 0.1) is 19.1 Å². The fourth-order valence-corrected chi connectivity index (χ4v) is 3.58. The predicted molar refractivity (Wildman–Crippen MR) is 104 cm³/mol. The van der Waals surface area contributed by atoms with Gasteiger partial charge in [-0.1, -0.05) is 25.1 Å². The van der Waals surface area contributed by atoms with Gasteiger partial charge in [0.15, 0.2) is 0 Å². The second kappa shape index (κ2) is 8.71. The summed E-state index contributed by atoms with van der Waals surface area (Å²) in [5.74, 6) is 0.445. The molecule has 0 heterocycles. The van der Waals surface area contributed by atoms with Crippen LogP contribution < -0.4 is 14.4 Å². The van der Waals surface area contributed by atoms with Crippen molar-refractivity contribution in [1.82, 2.24) is 0 Å². The molecule has 2 aromatic carbocycles. The maximum Gasteiger partial charge on any atom is 0.232 e. The minimum absolute atomic E-state index is 0.0527. The third kappa shape index (κ3) is 5.23. The molecule has 0 saturated heterocycles. The third-order valence-corrected chi connectivity index (χ3v) is 5.14.